The van der Waals surface area contributed by atoms with E-state index < -0.39 is 29.2 Å². The molecule has 41 heavy (non-hydrogen) atoms. The molecule has 5 heterocycles. The van der Waals surface area contributed by atoms with Crippen LogP contribution in [0.25, 0.3) is 11.4 Å². The van der Waals surface area contributed by atoms with E-state index in [1.165, 1.54) is 18.3 Å². The van der Waals surface area contributed by atoms with Gasteiger partial charge in [-0.15, -0.1) is 0 Å². The zero-order chi connectivity index (χ0) is 29.0. The first-order valence-corrected chi connectivity index (χ1v) is 13.2. The fraction of sp³-hybridized carbons (Fsp3) is 0.429. The number of aromatic nitrogens is 3. The number of anilines is 3. The number of hydrogen-bond donors (Lipinski definition) is 1. The first-order chi connectivity index (χ1) is 19.4. The van der Waals surface area contributed by atoms with Gasteiger partial charge < -0.3 is 24.4 Å². The molecule has 216 valence electrons. The SMILES string of the molecule is CC1(C)OC[C@@](C)(COc2cncc(NC(=O)N3c4nc(-c5cccc(C(F)(F)F)c5)ncc4N4CCC3C4)c2)O1. The standard InChI is InChI=1S/C28H29F3N6O4/c1-26(2)40-16-27(3,41-26)15-39-21-10-19(11-32-12-21)34-25(38)37-20-7-8-36(14-20)22-13-33-23(35-24(22)37)17-5-4-6-18(9-17)28(29,30)31/h4-6,9-13,20H,7-8,14-16H2,1-3H3,(H,34,38)/t20?,27-/m1/s1. The minimum atomic E-state index is -4.50. The first-order valence-electron chi connectivity index (χ1n) is 13.2. The summed E-state index contributed by atoms with van der Waals surface area (Å²) < 4.78 is 57.5. The fourth-order valence-electron chi connectivity index (χ4n) is 5.38. The number of alkyl halides is 3. The van der Waals surface area contributed by atoms with Crippen molar-refractivity contribution in [2.45, 2.75) is 50.8 Å². The third-order valence-corrected chi connectivity index (χ3v) is 7.24. The molecular weight excluding hydrogens is 541 g/mol. The van der Waals surface area contributed by atoms with Crippen molar-refractivity contribution in [3.05, 3.63) is 54.5 Å². The van der Waals surface area contributed by atoms with Crippen LogP contribution in [0.15, 0.2) is 48.9 Å². The summed E-state index contributed by atoms with van der Waals surface area (Å²) in [5.41, 5.74) is -0.163. The van der Waals surface area contributed by atoms with Crippen molar-refractivity contribution in [3.63, 3.8) is 0 Å². The van der Waals surface area contributed by atoms with Gasteiger partial charge in [0.2, 0.25) is 0 Å². The number of rotatable bonds is 5. The molecule has 1 aromatic carbocycles. The van der Waals surface area contributed by atoms with Gasteiger partial charge in [0.15, 0.2) is 17.4 Å². The molecular formula is C28H29F3N6O4. The molecule has 0 spiro atoms. The van der Waals surface area contributed by atoms with E-state index in [-0.39, 0.29) is 24.0 Å². The smallest absolute Gasteiger partial charge is 0.416 e. The maximum atomic E-state index is 13.6. The van der Waals surface area contributed by atoms with Gasteiger partial charge in [-0.1, -0.05) is 12.1 Å². The van der Waals surface area contributed by atoms with Crippen molar-refractivity contribution in [3.8, 4) is 17.1 Å². The van der Waals surface area contributed by atoms with Gasteiger partial charge >= 0.3 is 12.2 Å². The zero-order valence-corrected chi connectivity index (χ0v) is 22.7. The molecule has 0 saturated carbocycles. The lowest BCUT2D eigenvalue weighted by molar-refractivity contribution is -0.162. The largest absolute Gasteiger partial charge is 0.489 e. The number of hydrogen-bond acceptors (Lipinski definition) is 8. The Kier molecular flexibility index (Phi) is 6.53. The molecule has 0 radical (unpaired) electrons. The maximum Gasteiger partial charge on any atom is 0.416 e. The molecule has 2 atom stereocenters. The number of ether oxygens (including phenoxy) is 3. The van der Waals surface area contributed by atoms with E-state index in [1.807, 2.05) is 20.8 Å². The van der Waals surface area contributed by atoms with Crippen molar-refractivity contribution in [1.29, 1.82) is 0 Å². The molecule has 2 bridgehead atoms. The Morgan fingerprint density at radius 3 is 2.78 bits per heavy atom. The number of pyridine rings is 1. The second kappa shape index (κ2) is 9.84. The number of carbonyl (C=O) groups is 1. The van der Waals surface area contributed by atoms with Crippen LogP contribution in [-0.2, 0) is 15.7 Å². The van der Waals surface area contributed by atoms with Gasteiger partial charge in [-0.2, -0.15) is 13.2 Å². The third kappa shape index (κ3) is 5.51. The number of carbonyl (C=O) groups excluding carboxylic acids is 1. The van der Waals surface area contributed by atoms with Crippen molar-refractivity contribution in [2.24, 2.45) is 0 Å². The van der Waals surface area contributed by atoms with Gasteiger partial charge in [-0.05, 0) is 39.3 Å². The second-order valence-electron chi connectivity index (χ2n) is 11.1. The summed E-state index contributed by atoms with van der Waals surface area (Å²) in [5.74, 6) is 0.185. The number of halogens is 3. The molecule has 0 aliphatic carbocycles. The lowest BCUT2D eigenvalue weighted by Gasteiger charge is -2.35. The predicted molar refractivity (Wildman–Crippen MR) is 144 cm³/mol. The average molecular weight is 571 g/mol. The van der Waals surface area contributed by atoms with E-state index in [0.29, 0.717) is 49.1 Å². The van der Waals surface area contributed by atoms with Crippen LogP contribution in [0.3, 0.4) is 0 Å². The number of nitrogens with zero attached hydrogens (tertiary/aromatic N) is 5. The van der Waals surface area contributed by atoms with Crippen molar-refractivity contribution in [2.75, 3.05) is 41.4 Å². The molecule has 6 rings (SSSR count). The molecule has 3 aromatic rings. The van der Waals surface area contributed by atoms with E-state index in [9.17, 15) is 18.0 Å². The second-order valence-corrected chi connectivity index (χ2v) is 11.1. The Morgan fingerprint density at radius 1 is 1.20 bits per heavy atom. The predicted octanol–water partition coefficient (Wildman–Crippen LogP) is 5.11. The molecule has 2 amide bonds. The molecule has 2 fully saturated rings. The highest BCUT2D eigenvalue weighted by Crippen LogP contribution is 2.40. The topological polar surface area (TPSA) is 102 Å². The van der Waals surface area contributed by atoms with Gasteiger partial charge in [0, 0.05) is 24.7 Å². The van der Waals surface area contributed by atoms with Gasteiger partial charge in [0.25, 0.3) is 0 Å². The van der Waals surface area contributed by atoms with Crippen molar-refractivity contribution >= 4 is 23.2 Å². The van der Waals surface area contributed by atoms with Crippen LogP contribution in [0, 0.1) is 0 Å². The summed E-state index contributed by atoms with van der Waals surface area (Å²) in [6.07, 6.45) is 0.817. The lowest BCUT2D eigenvalue weighted by Crippen LogP contribution is -2.48. The molecule has 1 unspecified atom stereocenters. The quantitative estimate of drug-likeness (QED) is 0.452. The Labute approximate surface area is 234 Å². The first kappa shape index (κ1) is 27.2. The van der Waals surface area contributed by atoms with Crippen LogP contribution in [-0.4, -0.2) is 64.7 Å². The van der Waals surface area contributed by atoms with Crippen LogP contribution in [0.2, 0.25) is 0 Å². The van der Waals surface area contributed by atoms with Crippen LogP contribution in [0.5, 0.6) is 5.75 Å². The highest BCUT2D eigenvalue weighted by atomic mass is 19.4. The zero-order valence-electron chi connectivity index (χ0n) is 22.7. The summed E-state index contributed by atoms with van der Waals surface area (Å²) >= 11 is 0. The van der Waals surface area contributed by atoms with Crippen molar-refractivity contribution in [1.82, 2.24) is 15.0 Å². The molecule has 3 aliphatic rings. The van der Waals surface area contributed by atoms with Gasteiger partial charge in [0.1, 0.15) is 18.0 Å². The summed E-state index contributed by atoms with van der Waals surface area (Å²) in [6.45, 7) is 7.49. The van der Waals surface area contributed by atoms with Gasteiger partial charge in [-0.3, -0.25) is 9.88 Å². The summed E-state index contributed by atoms with van der Waals surface area (Å²) in [7, 11) is 0. The van der Waals surface area contributed by atoms with E-state index in [4.69, 9.17) is 14.2 Å². The molecule has 10 nitrogen and oxygen atoms in total. The molecule has 3 aliphatic heterocycles. The Bertz CT molecular complexity index is 1490. The number of fused-ring (bicyclic) bond motifs is 4. The van der Waals surface area contributed by atoms with Gasteiger partial charge in [0.05, 0.1) is 48.2 Å². The highest BCUT2D eigenvalue weighted by Gasteiger charge is 2.43. The Morgan fingerprint density at radius 2 is 2.02 bits per heavy atom. The highest BCUT2D eigenvalue weighted by molar-refractivity contribution is 6.04. The number of benzene rings is 1. The van der Waals surface area contributed by atoms with Crippen LogP contribution in [0.4, 0.5) is 35.2 Å². The summed E-state index contributed by atoms with van der Waals surface area (Å²) in [6, 6.07) is 5.89. The third-order valence-electron chi connectivity index (χ3n) is 7.24. The van der Waals surface area contributed by atoms with E-state index in [0.717, 1.165) is 12.1 Å². The lowest BCUT2D eigenvalue weighted by atomic mass is 10.1. The molecule has 13 heteroatoms. The van der Waals surface area contributed by atoms with Crippen molar-refractivity contribution < 1.29 is 32.2 Å². The monoisotopic (exact) mass is 570 g/mol. The minimum Gasteiger partial charge on any atom is -0.489 e. The minimum absolute atomic E-state index is 0.0991. The number of amides is 2. The molecule has 2 saturated heterocycles. The number of nitrogens with one attached hydrogen (secondary N) is 1. The molecule has 2 aromatic heterocycles. The maximum absolute atomic E-state index is 13.6. The van der Waals surface area contributed by atoms with Crippen LogP contribution >= 0.6 is 0 Å². The normalized spacial score (nSPS) is 22.9. The van der Waals surface area contributed by atoms with E-state index >= 15 is 0 Å². The fourth-order valence-corrected chi connectivity index (χ4v) is 5.38. The Balaban J connectivity index is 1.23. The summed E-state index contributed by atoms with van der Waals surface area (Å²) in [4.78, 5) is 30.4. The average Bonchev–Trinajstić information content (AvgIpc) is 3.47. The van der Waals surface area contributed by atoms with E-state index in [2.05, 4.69) is 25.2 Å². The summed E-state index contributed by atoms with van der Waals surface area (Å²) in [5, 5.41) is 2.88. The van der Waals surface area contributed by atoms with Crippen LogP contribution in [0.1, 0.15) is 32.8 Å². The van der Waals surface area contributed by atoms with E-state index in [1.54, 1.807) is 23.4 Å². The van der Waals surface area contributed by atoms with Gasteiger partial charge in [-0.25, -0.2) is 14.8 Å². The molecule has 1 N–H and O–H groups in total. The number of urea groups is 1. The Hall–Kier alpha value is -3.97. The van der Waals surface area contributed by atoms with Crippen LogP contribution < -0.4 is 19.9 Å².